The van der Waals surface area contributed by atoms with E-state index in [1.165, 1.54) is 5.56 Å². The second-order valence-electron chi connectivity index (χ2n) is 6.19. The molecular formula is C20H24ClN3O. The summed E-state index contributed by atoms with van der Waals surface area (Å²) in [5.41, 5.74) is 4.95. The zero-order chi connectivity index (χ0) is 16.9. The highest BCUT2D eigenvalue weighted by atomic mass is 35.5. The molecule has 0 bridgehead atoms. The van der Waals surface area contributed by atoms with Gasteiger partial charge in [-0.3, -0.25) is 4.79 Å². The standard InChI is InChI=1S/C20H23N3O.ClH/c1-3-4-5-9-19(24)21-16-8-6-7-15(13-16)20-22-17-11-10-14(2)12-18(17)23-20;/h6-8,10-13H,3-5,9H2,1-2H3,(H,21,24)(H,22,23);1H. The molecule has 1 aromatic heterocycles. The summed E-state index contributed by atoms with van der Waals surface area (Å²) in [5.74, 6) is 0.888. The van der Waals surface area contributed by atoms with Crippen LogP contribution in [-0.4, -0.2) is 15.9 Å². The number of amides is 1. The first-order valence-corrected chi connectivity index (χ1v) is 8.52. The first-order chi connectivity index (χ1) is 11.7. The molecule has 0 saturated carbocycles. The summed E-state index contributed by atoms with van der Waals surface area (Å²) >= 11 is 0. The lowest BCUT2D eigenvalue weighted by Crippen LogP contribution is -2.10. The summed E-state index contributed by atoms with van der Waals surface area (Å²) in [5, 5.41) is 2.97. The van der Waals surface area contributed by atoms with Gasteiger partial charge in [-0.25, -0.2) is 4.98 Å². The molecule has 4 nitrogen and oxygen atoms in total. The maximum absolute atomic E-state index is 12.0. The van der Waals surface area contributed by atoms with Gasteiger partial charge in [-0.2, -0.15) is 0 Å². The molecule has 0 aliphatic heterocycles. The monoisotopic (exact) mass is 357 g/mol. The molecule has 1 heterocycles. The number of carbonyl (C=O) groups excluding carboxylic acids is 1. The van der Waals surface area contributed by atoms with E-state index in [1.807, 2.05) is 30.3 Å². The quantitative estimate of drug-likeness (QED) is 0.574. The highest BCUT2D eigenvalue weighted by molar-refractivity contribution is 5.91. The number of anilines is 1. The fourth-order valence-electron chi connectivity index (χ4n) is 2.76. The molecule has 1 amide bonds. The van der Waals surface area contributed by atoms with E-state index in [2.05, 4.69) is 41.3 Å². The molecular weight excluding hydrogens is 334 g/mol. The van der Waals surface area contributed by atoms with E-state index in [0.29, 0.717) is 6.42 Å². The van der Waals surface area contributed by atoms with Gasteiger partial charge in [0.2, 0.25) is 5.91 Å². The number of carbonyl (C=O) groups is 1. The van der Waals surface area contributed by atoms with Crippen molar-refractivity contribution in [3.8, 4) is 11.4 Å². The maximum Gasteiger partial charge on any atom is 0.224 e. The largest absolute Gasteiger partial charge is 0.338 e. The first-order valence-electron chi connectivity index (χ1n) is 8.52. The Balaban J connectivity index is 0.00000225. The summed E-state index contributed by atoms with van der Waals surface area (Å²) in [4.78, 5) is 20.0. The number of imidazole rings is 1. The van der Waals surface area contributed by atoms with Gasteiger partial charge in [-0.1, -0.05) is 38.0 Å². The number of aryl methyl sites for hydroxylation is 1. The normalized spacial score (nSPS) is 10.5. The third-order valence-electron chi connectivity index (χ3n) is 4.06. The molecule has 0 unspecified atom stereocenters. The van der Waals surface area contributed by atoms with E-state index in [1.54, 1.807) is 0 Å². The van der Waals surface area contributed by atoms with Gasteiger partial charge in [0, 0.05) is 17.7 Å². The van der Waals surface area contributed by atoms with E-state index >= 15 is 0 Å². The average Bonchev–Trinajstić information content (AvgIpc) is 2.98. The van der Waals surface area contributed by atoms with Crippen LogP contribution in [0.15, 0.2) is 42.5 Å². The molecule has 25 heavy (non-hydrogen) atoms. The number of nitrogens with zero attached hydrogens (tertiary/aromatic N) is 1. The molecule has 0 fully saturated rings. The predicted octanol–water partition coefficient (Wildman–Crippen LogP) is 5.48. The molecule has 0 aliphatic carbocycles. The van der Waals surface area contributed by atoms with Crippen LogP contribution in [0.4, 0.5) is 5.69 Å². The number of H-pyrrole nitrogens is 1. The molecule has 0 atom stereocenters. The zero-order valence-corrected chi connectivity index (χ0v) is 15.5. The first kappa shape index (κ1) is 19.0. The molecule has 0 saturated heterocycles. The summed E-state index contributed by atoms with van der Waals surface area (Å²) < 4.78 is 0. The van der Waals surface area contributed by atoms with Gasteiger partial charge in [0.1, 0.15) is 5.82 Å². The third kappa shape index (κ3) is 4.83. The second-order valence-corrected chi connectivity index (χ2v) is 6.19. The van der Waals surface area contributed by atoms with Crippen LogP contribution in [0, 0.1) is 6.92 Å². The van der Waals surface area contributed by atoms with E-state index in [4.69, 9.17) is 0 Å². The summed E-state index contributed by atoms with van der Waals surface area (Å²) in [6.45, 7) is 4.20. The molecule has 2 N–H and O–H groups in total. The number of aromatic amines is 1. The molecule has 0 radical (unpaired) electrons. The minimum atomic E-state index is 0. The third-order valence-corrected chi connectivity index (χ3v) is 4.06. The fourth-order valence-corrected chi connectivity index (χ4v) is 2.76. The Kier molecular flexibility index (Phi) is 6.59. The Labute approximate surface area is 154 Å². The van der Waals surface area contributed by atoms with Crippen LogP contribution in [0.2, 0.25) is 0 Å². The molecule has 0 aliphatic rings. The van der Waals surface area contributed by atoms with Crippen molar-refractivity contribution < 1.29 is 4.79 Å². The molecule has 3 aromatic rings. The SMILES string of the molecule is CCCCCC(=O)Nc1cccc(-c2nc3ccc(C)cc3[nH]2)c1.Cl. The number of halogens is 1. The van der Waals surface area contributed by atoms with Crippen molar-refractivity contribution >= 4 is 35.0 Å². The van der Waals surface area contributed by atoms with Gasteiger partial charge in [0.05, 0.1) is 11.0 Å². The van der Waals surface area contributed by atoms with Crippen molar-refractivity contribution in [2.75, 3.05) is 5.32 Å². The number of aromatic nitrogens is 2. The minimum Gasteiger partial charge on any atom is -0.338 e. The van der Waals surface area contributed by atoms with Crippen LogP contribution < -0.4 is 5.32 Å². The second kappa shape index (κ2) is 8.67. The molecule has 5 heteroatoms. The van der Waals surface area contributed by atoms with Crippen molar-refractivity contribution in [3.63, 3.8) is 0 Å². The zero-order valence-electron chi connectivity index (χ0n) is 14.6. The van der Waals surface area contributed by atoms with Gasteiger partial charge in [-0.05, 0) is 43.2 Å². The van der Waals surface area contributed by atoms with E-state index in [9.17, 15) is 4.79 Å². The van der Waals surface area contributed by atoms with Gasteiger partial charge < -0.3 is 10.3 Å². The van der Waals surface area contributed by atoms with Crippen LogP contribution in [0.1, 0.15) is 38.2 Å². The van der Waals surface area contributed by atoms with Crippen LogP contribution in [0.3, 0.4) is 0 Å². The van der Waals surface area contributed by atoms with Gasteiger partial charge in [0.25, 0.3) is 0 Å². The Morgan fingerprint density at radius 2 is 2.00 bits per heavy atom. The van der Waals surface area contributed by atoms with Gasteiger partial charge in [-0.15, -0.1) is 12.4 Å². The smallest absolute Gasteiger partial charge is 0.224 e. The van der Waals surface area contributed by atoms with Crippen molar-refractivity contribution in [2.45, 2.75) is 39.5 Å². The van der Waals surface area contributed by atoms with Crippen molar-refractivity contribution in [3.05, 3.63) is 48.0 Å². The Hall–Kier alpha value is -2.33. The Morgan fingerprint density at radius 3 is 2.80 bits per heavy atom. The van der Waals surface area contributed by atoms with Gasteiger partial charge >= 0.3 is 0 Å². The number of unbranched alkanes of at least 4 members (excludes halogenated alkanes) is 2. The molecule has 0 spiro atoms. The summed E-state index contributed by atoms with van der Waals surface area (Å²) in [6, 6.07) is 14.0. The van der Waals surface area contributed by atoms with E-state index in [-0.39, 0.29) is 18.3 Å². The lowest BCUT2D eigenvalue weighted by molar-refractivity contribution is -0.116. The number of fused-ring (bicyclic) bond motifs is 1. The fraction of sp³-hybridized carbons (Fsp3) is 0.300. The minimum absolute atomic E-state index is 0. The number of benzene rings is 2. The predicted molar refractivity (Wildman–Crippen MR) is 106 cm³/mol. The van der Waals surface area contributed by atoms with Crippen LogP contribution in [0.5, 0.6) is 0 Å². The van der Waals surface area contributed by atoms with Crippen molar-refractivity contribution in [1.82, 2.24) is 9.97 Å². The topological polar surface area (TPSA) is 57.8 Å². The number of hydrogen-bond donors (Lipinski definition) is 2. The van der Waals surface area contributed by atoms with Crippen LogP contribution in [0.25, 0.3) is 22.4 Å². The lowest BCUT2D eigenvalue weighted by Gasteiger charge is -2.06. The van der Waals surface area contributed by atoms with Gasteiger partial charge in [0.15, 0.2) is 0 Å². The summed E-state index contributed by atoms with van der Waals surface area (Å²) in [7, 11) is 0. The van der Waals surface area contributed by atoms with E-state index in [0.717, 1.165) is 47.4 Å². The lowest BCUT2D eigenvalue weighted by atomic mass is 10.1. The van der Waals surface area contributed by atoms with Crippen molar-refractivity contribution in [1.29, 1.82) is 0 Å². The molecule has 2 aromatic carbocycles. The van der Waals surface area contributed by atoms with Crippen molar-refractivity contribution in [2.24, 2.45) is 0 Å². The highest BCUT2D eigenvalue weighted by Crippen LogP contribution is 2.23. The van der Waals surface area contributed by atoms with Crippen LogP contribution in [-0.2, 0) is 4.79 Å². The summed E-state index contributed by atoms with van der Waals surface area (Å²) in [6.07, 6.45) is 3.72. The number of nitrogens with one attached hydrogen (secondary N) is 2. The maximum atomic E-state index is 12.0. The molecule has 3 rings (SSSR count). The highest BCUT2D eigenvalue weighted by Gasteiger charge is 2.07. The Bertz CT molecular complexity index is 857. The number of rotatable bonds is 6. The number of hydrogen-bond acceptors (Lipinski definition) is 2. The van der Waals surface area contributed by atoms with E-state index < -0.39 is 0 Å². The average molecular weight is 358 g/mol. The van der Waals surface area contributed by atoms with Crippen LogP contribution >= 0.6 is 12.4 Å². The molecule has 132 valence electrons. The Morgan fingerprint density at radius 1 is 1.16 bits per heavy atom.